The van der Waals surface area contributed by atoms with Crippen LogP contribution in [0.15, 0.2) is 48.6 Å². The van der Waals surface area contributed by atoms with Crippen LogP contribution in [-0.4, -0.2) is 183 Å². The topological polar surface area (TPSA) is 417 Å². The largest absolute Gasteiger partial charge is 0.463 e. The van der Waals surface area contributed by atoms with Crippen molar-refractivity contribution in [3.05, 3.63) is 48.6 Å². The number of cyclic esters (lactones) is 1. The van der Waals surface area contributed by atoms with Crippen LogP contribution in [-0.2, 0) is 138 Å². The number of carbonyl (C=O) groups excluding carboxylic acids is 16. The van der Waals surface area contributed by atoms with Gasteiger partial charge in [0.2, 0.25) is 6.10 Å². The van der Waals surface area contributed by atoms with E-state index in [2.05, 4.69) is 54.7 Å². The number of esters is 12. The lowest BCUT2D eigenvalue weighted by molar-refractivity contribution is -0.168. The van der Waals surface area contributed by atoms with Gasteiger partial charge < -0.3 is 61.6 Å². The molecule has 30 heteroatoms. The molecule has 0 amide bonds. The summed E-state index contributed by atoms with van der Waals surface area (Å²) in [5.41, 5.74) is -0.672. The van der Waals surface area contributed by atoms with Crippen molar-refractivity contribution in [2.24, 2.45) is 40.9 Å². The van der Waals surface area contributed by atoms with Crippen molar-refractivity contribution in [3.63, 3.8) is 0 Å². The van der Waals surface area contributed by atoms with Gasteiger partial charge in [-0.2, -0.15) is 5.26 Å². The molecule has 6 saturated heterocycles. The zero-order valence-electron chi connectivity index (χ0n) is 46.6. The third-order valence-electron chi connectivity index (χ3n) is 15.5. The molecular weight excluding hydrogens is 1150 g/mol. The number of carbonyl (C=O) groups is 16. The molecule has 16 unspecified atom stereocenters. The number of hydrogen-bond acceptors (Lipinski definition) is 30. The maximum Gasteiger partial charge on any atom is 0.379 e. The fourth-order valence-corrected chi connectivity index (χ4v) is 11.3. The average Bonchev–Trinajstić information content (AvgIpc) is 1.57. The Bertz CT molecular complexity index is 2970. The van der Waals surface area contributed by atoms with Gasteiger partial charge in [0.25, 0.3) is 23.1 Å². The van der Waals surface area contributed by atoms with Crippen LogP contribution in [0.2, 0.25) is 0 Å². The molecule has 0 aromatic carbocycles. The predicted octanol–water partition coefficient (Wildman–Crippen LogP) is -0.937. The summed E-state index contributed by atoms with van der Waals surface area (Å²) < 4.78 is 64.0. The molecule has 10 fully saturated rings. The molecule has 86 heavy (non-hydrogen) atoms. The summed E-state index contributed by atoms with van der Waals surface area (Å²) in [6.45, 7) is 16.3. The number of ether oxygens (including phenoxy) is 13. The molecule has 4 saturated carbocycles. The van der Waals surface area contributed by atoms with E-state index >= 15 is 0 Å². The summed E-state index contributed by atoms with van der Waals surface area (Å²) in [6, 6.07) is 2.04. The highest BCUT2D eigenvalue weighted by atomic mass is 16.7. The zero-order chi connectivity index (χ0) is 63.4. The standard InChI is InChI=1S/C16H15NO7.C15H16O7.C14H14O8.C11H12O7/c1-7(2)13(19)22-5-10(18)14(20)23-11-8-3-9-12(11)24-15(21)16(9,4-8)6-17;1-6(2)13(17)20-5-10(16)15(19)21-11-7-3-8-9(4-7)14(18)22-12(8)11;1-5(2)12(16)19-4-7(15)14(18)21-10-8-3-6-9(20-8)11(10)22-13(6)17;1-6(2)9(13)17-5-7(12)10(14)18-8-3-4-16-11(8)15/h8-9,11-12H,1,3-5H2,2H3;7-9,11-12H,1,3-5H2,2H3;6,8-11H,1,3-4H2,2H3;8H,1,3-5H2,2H3. The number of hydrogen-bond donors (Lipinski definition) is 0. The first-order chi connectivity index (χ1) is 40.5. The van der Waals surface area contributed by atoms with Gasteiger partial charge in [0, 0.05) is 52.4 Å². The van der Waals surface area contributed by atoms with Crippen molar-refractivity contribution in [1.29, 1.82) is 5.26 Å². The Morgan fingerprint density at radius 3 is 1.40 bits per heavy atom. The molecule has 460 valence electrons. The van der Waals surface area contributed by atoms with Crippen LogP contribution >= 0.6 is 0 Å². The van der Waals surface area contributed by atoms with Crippen molar-refractivity contribution < 1.29 is 138 Å². The molecule has 30 nitrogen and oxygen atoms in total. The zero-order valence-corrected chi connectivity index (χ0v) is 46.6. The quantitative estimate of drug-likeness (QED) is 0.0614. The van der Waals surface area contributed by atoms with Gasteiger partial charge in [-0.05, 0) is 59.8 Å². The van der Waals surface area contributed by atoms with E-state index in [-0.39, 0.29) is 89.2 Å². The molecule has 10 rings (SSSR count). The summed E-state index contributed by atoms with van der Waals surface area (Å²) >= 11 is 0. The number of ketones is 4. The Morgan fingerprint density at radius 2 is 0.942 bits per heavy atom. The van der Waals surface area contributed by atoms with Gasteiger partial charge >= 0.3 is 71.6 Å². The Kier molecular flexibility index (Phi) is 19.7. The van der Waals surface area contributed by atoms with Crippen LogP contribution in [0.4, 0.5) is 0 Å². The van der Waals surface area contributed by atoms with Crippen LogP contribution in [0.5, 0.6) is 0 Å². The molecule has 0 radical (unpaired) electrons. The summed E-state index contributed by atoms with van der Waals surface area (Å²) in [7, 11) is 0. The minimum atomic E-state index is -1.23. The van der Waals surface area contributed by atoms with E-state index in [1.165, 1.54) is 27.7 Å². The van der Waals surface area contributed by atoms with Crippen LogP contribution in [0.3, 0.4) is 0 Å². The summed E-state index contributed by atoms with van der Waals surface area (Å²) in [5.74, 6) is -14.3. The lowest BCUT2D eigenvalue weighted by atomic mass is 9.75. The van der Waals surface area contributed by atoms with E-state index in [0.717, 1.165) is 6.42 Å². The third-order valence-corrected chi connectivity index (χ3v) is 15.5. The van der Waals surface area contributed by atoms with Gasteiger partial charge in [0.1, 0.15) is 30.5 Å². The Hall–Kier alpha value is -9.27. The minimum absolute atomic E-state index is 0.0566. The Balaban J connectivity index is 0.000000165. The highest BCUT2D eigenvalue weighted by Gasteiger charge is 2.72. The first-order valence-electron chi connectivity index (χ1n) is 26.6. The maximum absolute atomic E-state index is 11.9. The van der Waals surface area contributed by atoms with Gasteiger partial charge in [-0.25, -0.2) is 43.2 Å². The normalized spacial score (nSPS) is 31.0. The number of nitriles is 1. The minimum Gasteiger partial charge on any atom is -0.463 e. The molecule has 6 aliphatic heterocycles. The monoisotopic (exact) mass is 1210 g/mol. The van der Waals surface area contributed by atoms with E-state index in [1.54, 1.807) is 0 Å². The van der Waals surface area contributed by atoms with Gasteiger partial charge in [-0.15, -0.1) is 0 Å². The molecule has 6 heterocycles. The smallest absolute Gasteiger partial charge is 0.379 e. The lowest BCUT2D eigenvalue weighted by Crippen LogP contribution is -2.41. The number of Topliss-reactive ketones (excluding diaryl/α,β-unsaturated/α-hetero) is 4. The summed E-state index contributed by atoms with van der Waals surface area (Å²) in [4.78, 5) is 183. The first kappa shape index (κ1) is 64.3. The lowest BCUT2D eigenvalue weighted by Gasteiger charge is -2.27. The van der Waals surface area contributed by atoms with Gasteiger partial charge in [0.15, 0.2) is 44.1 Å². The molecule has 0 aromatic rings. The van der Waals surface area contributed by atoms with E-state index < -0.39 is 170 Å². The average molecular weight is 1210 g/mol. The van der Waals surface area contributed by atoms with Crippen molar-refractivity contribution in [2.45, 2.75) is 121 Å². The SMILES string of the molecule is C=C(C)C(=O)OCC(=O)C(=O)OC1C2CC3C(=O)OC1C3C2.C=C(C)C(=O)OCC(=O)C(=O)OC1C2CC3C(=O)OC1C3O2.C=C(C)C(=O)OCC(=O)C(=O)OC1C2CC3C1OC(=O)C3(C#N)C2.C=C(C)C(=O)OCC(=O)C(=O)OC1CCOC1=O. The molecule has 6 bridgehead atoms. The van der Waals surface area contributed by atoms with Crippen molar-refractivity contribution in [2.75, 3.05) is 33.0 Å². The Labute approximate surface area is 486 Å². The van der Waals surface area contributed by atoms with E-state index in [9.17, 15) is 82.0 Å². The van der Waals surface area contributed by atoms with E-state index in [0.29, 0.717) is 19.3 Å². The Morgan fingerprint density at radius 1 is 0.500 bits per heavy atom. The van der Waals surface area contributed by atoms with Crippen LogP contribution in [0.1, 0.15) is 66.2 Å². The number of rotatable bonds is 20. The highest BCUT2D eigenvalue weighted by molar-refractivity contribution is 6.36. The molecule has 4 aliphatic carbocycles. The van der Waals surface area contributed by atoms with Crippen molar-refractivity contribution in [3.8, 4) is 6.07 Å². The summed E-state index contributed by atoms with van der Waals surface area (Å²) in [5, 5.41) is 9.29. The van der Waals surface area contributed by atoms with Crippen molar-refractivity contribution >= 4 is 94.8 Å². The molecule has 0 spiro atoms. The first-order valence-corrected chi connectivity index (χ1v) is 26.6. The van der Waals surface area contributed by atoms with Crippen LogP contribution in [0, 0.1) is 52.3 Å². The van der Waals surface area contributed by atoms with Crippen LogP contribution in [0.25, 0.3) is 0 Å². The third kappa shape index (κ3) is 13.6. The van der Waals surface area contributed by atoms with Crippen molar-refractivity contribution in [1.82, 2.24) is 0 Å². The van der Waals surface area contributed by atoms with Crippen LogP contribution < -0.4 is 0 Å². The molecule has 16 atom stereocenters. The summed E-state index contributed by atoms with van der Waals surface area (Å²) in [6.07, 6.45) is -2.96. The number of nitrogens with zero attached hydrogens (tertiary/aromatic N) is 1. The highest BCUT2D eigenvalue weighted by Crippen LogP contribution is 2.62. The fourth-order valence-electron chi connectivity index (χ4n) is 11.3. The van der Waals surface area contributed by atoms with Gasteiger partial charge in [0.05, 0.1) is 30.6 Å². The molecular formula is C56H57NO29. The van der Waals surface area contributed by atoms with E-state index in [1.807, 2.05) is 6.07 Å². The second kappa shape index (κ2) is 26.3. The molecule has 10 aliphatic rings. The maximum atomic E-state index is 11.9. The van der Waals surface area contributed by atoms with Gasteiger partial charge in [-0.1, -0.05) is 26.3 Å². The van der Waals surface area contributed by atoms with Gasteiger partial charge in [-0.3, -0.25) is 33.6 Å². The predicted molar refractivity (Wildman–Crippen MR) is 269 cm³/mol. The molecule has 0 N–H and O–H groups in total. The molecule has 0 aromatic heterocycles. The second-order valence-corrected chi connectivity index (χ2v) is 21.6. The second-order valence-electron chi connectivity index (χ2n) is 21.6. The van der Waals surface area contributed by atoms with E-state index in [4.69, 9.17) is 33.2 Å². The number of fused-ring (bicyclic) bond motifs is 3. The fraction of sp³-hybridized carbons (Fsp3) is 0.554.